The molecule has 2 aliphatic rings. The molecule has 0 aromatic carbocycles. The van der Waals surface area contributed by atoms with Crippen LogP contribution in [0, 0.1) is 0 Å². The molecule has 1 saturated heterocycles. The first-order valence-electron chi connectivity index (χ1n) is 3.98. The van der Waals surface area contributed by atoms with Gasteiger partial charge in [0, 0.05) is 6.42 Å². The Morgan fingerprint density at radius 3 is 3.08 bits per heavy atom. The molecule has 0 aromatic rings. The molecule has 2 rings (SSSR count). The molecule has 0 aromatic heterocycles. The predicted octanol–water partition coefficient (Wildman–Crippen LogP) is 1.22. The second-order valence-electron chi connectivity index (χ2n) is 3.21. The van der Waals surface area contributed by atoms with Crippen molar-refractivity contribution < 1.29 is 9.53 Å². The standard InChI is InChI=1S/C8H11NO2S/c1-8(3-2-4-12-8)11-7-5-6(10)9-7/h2,4,7H,3,5H2,1H3,(H,9,10). The lowest BCUT2D eigenvalue weighted by Gasteiger charge is -2.34. The first-order valence-corrected chi connectivity index (χ1v) is 4.86. The van der Waals surface area contributed by atoms with Gasteiger partial charge < -0.3 is 10.1 Å². The number of β-lactam (4-membered cyclic amide) rings is 1. The summed E-state index contributed by atoms with van der Waals surface area (Å²) in [6.07, 6.45) is 3.46. The fourth-order valence-electron chi connectivity index (χ4n) is 1.28. The maximum absolute atomic E-state index is 10.6. The van der Waals surface area contributed by atoms with E-state index in [0.29, 0.717) is 6.42 Å². The fourth-order valence-corrected chi connectivity index (χ4v) is 2.12. The molecule has 1 amide bonds. The lowest BCUT2D eigenvalue weighted by Crippen LogP contribution is -2.52. The van der Waals surface area contributed by atoms with Crippen molar-refractivity contribution in [2.24, 2.45) is 0 Å². The summed E-state index contributed by atoms with van der Waals surface area (Å²) in [6.45, 7) is 2.04. The molecule has 2 aliphatic heterocycles. The van der Waals surface area contributed by atoms with Crippen molar-refractivity contribution in [1.82, 2.24) is 5.32 Å². The Labute approximate surface area is 75.5 Å². The van der Waals surface area contributed by atoms with Crippen LogP contribution in [0.5, 0.6) is 0 Å². The number of hydrogen-bond acceptors (Lipinski definition) is 3. The first kappa shape index (κ1) is 8.13. The minimum atomic E-state index is -0.154. The van der Waals surface area contributed by atoms with E-state index in [2.05, 4.69) is 11.4 Å². The third kappa shape index (κ3) is 1.49. The van der Waals surface area contributed by atoms with E-state index in [0.717, 1.165) is 6.42 Å². The summed E-state index contributed by atoms with van der Waals surface area (Å²) >= 11 is 1.67. The minimum absolute atomic E-state index is 0.0603. The predicted molar refractivity (Wildman–Crippen MR) is 47.4 cm³/mol. The Balaban J connectivity index is 1.83. The number of rotatable bonds is 2. The van der Waals surface area contributed by atoms with Gasteiger partial charge in [-0.3, -0.25) is 4.79 Å². The van der Waals surface area contributed by atoms with Gasteiger partial charge in [-0.2, -0.15) is 0 Å². The third-order valence-electron chi connectivity index (χ3n) is 1.99. The quantitative estimate of drug-likeness (QED) is 0.657. The van der Waals surface area contributed by atoms with E-state index >= 15 is 0 Å². The van der Waals surface area contributed by atoms with Gasteiger partial charge in [0.2, 0.25) is 5.91 Å². The maximum atomic E-state index is 10.6. The molecule has 3 nitrogen and oxygen atoms in total. The maximum Gasteiger partial charge on any atom is 0.226 e. The Hall–Kier alpha value is -0.480. The molecule has 0 bridgehead atoms. The van der Waals surface area contributed by atoms with Gasteiger partial charge in [0.1, 0.15) is 11.2 Å². The second kappa shape index (κ2) is 2.78. The molecule has 66 valence electrons. The molecule has 2 heterocycles. The van der Waals surface area contributed by atoms with Crippen LogP contribution < -0.4 is 5.32 Å². The summed E-state index contributed by atoms with van der Waals surface area (Å²) in [5.74, 6) is 0.0829. The number of nitrogens with one attached hydrogen (secondary N) is 1. The Bertz CT molecular complexity index is 223. The Kier molecular flexibility index (Phi) is 1.88. The van der Waals surface area contributed by atoms with E-state index in [1.165, 1.54) is 0 Å². The van der Waals surface area contributed by atoms with Crippen LogP contribution in [0.1, 0.15) is 19.8 Å². The zero-order chi connectivity index (χ0) is 8.60. The number of carbonyl (C=O) groups is 1. The summed E-state index contributed by atoms with van der Waals surface area (Å²) in [6, 6.07) is 0. The summed E-state index contributed by atoms with van der Waals surface area (Å²) < 4.78 is 5.67. The van der Waals surface area contributed by atoms with Gasteiger partial charge in [0.25, 0.3) is 0 Å². The van der Waals surface area contributed by atoms with Crippen molar-refractivity contribution in [2.45, 2.75) is 30.9 Å². The molecule has 0 aliphatic carbocycles. The molecular weight excluding hydrogens is 174 g/mol. The van der Waals surface area contributed by atoms with E-state index in [1.54, 1.807) is 11.8 Å². The van der Waals surface area contributed by atoms with Crippen LogP contribution in [0.15, 0.2) is 11.5 Å². The highest BCUT2D eigenvalue weighted by Crippen LogP contribution is 2.38. The lowest BCUT2D eigenvalue weighted by atomic mass is 10.2. The molecule has 2 unspecified atom stereocenters. The SMILES string of the molecule is CC1(OC2CC(=O)N2)CC=CS1. The molecule has 1 N–H and O–H groups in total. The molecule has 0 saturated carbocycles. The number of amides is 1. The Morgan fingerprint density at radius 2 is 2.58 bits per heavy atom. The van der Waals surface area contributed by atoms with Crippen LogP contribution in [0.2, 0.25) is 0 Å². The van der Waals surface area contributed by atoms with E-state index in [-0.39, 0.29) is 17.1 Å². The van der Waals surface area contributed by atoms with Crippen molar-refractivity contribution in [3.63, 3.8) is 0 Å². The molecule has 0 radical (unpaired) electrons. The van der Waals surface area contributed by atoms with Crippen LogP contribution in [0.25, 0.3) is 0 Å². The van der Waals surface area contributed by atoms with Gasteiger partial charge in [0.15, 0.2) is 0 Å². The largest absolute Gasteiger partial charge is 0.341 e. The number of thioether (sulfide) groups is 1. The highest BCUT2D eigenvalue weighted by molar-refractivity contribution is 8.03. The molecule has 12 heavy (non-hydrogen) atoms. The zero-order valence-electron chi connectivity index (χ0n) is 6.87. The van der Waals surface area contributed by atoms with Gasteiger partial charge in [-0.15, -0.1) is 0 Å². The van der Waals surface area contributed by atoms with Crippen LogP contribution >= 0.6 is 11.8 Å². The second-order valence-corrected chi connectivity index (χ2v) is 4.58. The zero-order valence-corrected chi connectivity index (χ0v) is 7.69. The van der Waals surface area contributed by atoms with Gasteiger partial charge in [0.05, 0.1) is 6.42 Å². The van der Waals surface area contributed by atoms with Crippen molar-refractivity contribution in [3.05, 3.63) is 11.5 Å². The Morgan fingerprint density at radius 1 is 1.83 bits per heavy atom. The number of ether oxygens (including phenoxy) is 1. The number of hydrogen-bond donors (Lipinski definition) is 1. The molecular formula is C8H11NO2S. The van der Waals surface area contributed by atoms with Crippen molar-refractivity contribution >= 4 is 17.7 Å². The number of carbonyl (C=O) groups excluding carboxylic acids is 1. The van der Waals surface area contributed by atoms with Gasteiger partial charge in [-0.1, -0.05) is 17.8 Å². The van der Waals surface area contributed by atoms with Crippen LogP contribution in [0.4, 0.5) is 0 Å². The summed E-state index contributed by atoms with van der Waals surface area (Å²) in [4.78, 5) is 10.4. The third-order valence-corrected chi connectivity index (χ3v) is 3.08. The monoisotopic (exact) mass is 185 g/mol. The highest BCUT2D eigenvalue weighted by Gasteiger charge is 2.35. The van der Waals surface area contributed by atoms with Crippen molar-refractivity contribution in [1.29, 1.82) is 0 Å². The van der Waals surface area contributed by atoms with E-state index < -0.39 is 0 Å². The van der Waals surface area contributed by atoms with Gasteiger partial charge in [-0.05, 0) is 12.3 Å². The first-order chi connectivity index (χ1) is 5.68. The highest BCUT2D eigenvalue weighted by atomic mass is 32.2. The summed E-state index contributed by atoms with van der Waals surface area (Å²) in [5, 5.41) is 4.73. The topological polar surface area (TPSA) is 38.3 Å². The smallest absolute Gasteiger partial charge is 0.226 e. The van der Waals surface area contributed by atoms with Gasteiger partial charge in [-0.25, -0.2) is 0 Å². The van der Waals surface area contributed by atoms with E-state index in [9.17, 15) is 4.79 Å². The van der Waals surface area contributed by atoms with Gasteiger partial charge >= 0.3 is 0 Å². The van der Waals surface area contributed by atoms with E-state index in [4.69, 9.17) is 4.74 Å². The van der Waals surface area contributed by atoms with Crippen LogP contribution in [-0.2, 0) is 9.53 Å². The molecule has 1 fully saturated rings. The summed E-state index contributed by atoms with van der Waals surface area (Å²) in [7, 11) is 0. The molecule has 4 heteroatoms. The van der Waals surface area contributed by atoms with Crippen LogP contribution in [-0.4, -0.2) is 17.1 Å². The lowest BCUT2D eigenvalue weighted by molar-refractivity contribution is -0.147. The van der Waals surface area contributed by atoms with E-state index in [1.807, 2.05) is 12.3 Å². The van der Waals surface area contributed by atoms with Crippen molar-refractivity contribution in [3.8, 4) is 0 Å². The normalized spacial score (nSPS) is 39.4. The fraction of sp³-hybridized carbons (Fsp3) is 0.625. The van der Waals surface area contributed by atoms with Crippen molar-refractivity contribution in [2.75, 3.05) is 0 Å². The van der Waals surface area contributed by atoms with Crippen LogP contribution in [0.3, 0.4) is 0 Å². The molecule has 0 spiro atoms. The average molecular weight is 185 g/mol. The summed E-state index contributed by atoms with van der Waals surface area (Å²) in [5.41, 5.74) is 0. The minimum Gasteiger partial charge on any atom is -0.341 e. The average Bonchev–Trinajstić information content (AvgIpc) is 2.33. The molecule has 2 atom stereocenters.